The smallest absolute Gasteiger partial charge is 0.251 e. The van der Waals surface area contributed by atoms with Crippen molar-refractivity contribution >= 4 is 30.8 Å². The van der Waals surface area contributed by atoms with Crippen LogP contribution in [0.1, 0.15) is 24.4 Å². The van der Waals surface area contributed by atoms with E-state index in [2.05, 4.69) is 42.4 Å². The van der Waals surface area contributed by atoms with Gasteiger partial charge in [0.25, 0.3) is 5.91 Å². The number of methoxy groups -OCH3 is 1. The fraction of sp³-hybridized carbons (Fsp3) is 0.391. The maximum atomic E-state index is 13.1. The number of hydrogen-bond acceptors (Lipinski definition) is 4. The summed E-state index contributed by atoms with van der Waals surface area (Å²) in [7, 11) is 0.174. The van der Waals surface area contributed by atoms with Crippen molar-refractivity contribution < 1.29 is 19.1 Å². The van der Waals surface area contributed by atoms with E-state index < -0.39 is 20.2 Å². The summed E-state index contributed by atoms with van der Waals surface area (Å²) in [6, 6.07) is 14.2. The van der Waals surface area contributed by atoms with Gasteiger partial charge in [-0.3, -0.25) is 9.59 Å². The molecule has 2 unspecified atom stereocenters. The Morgan fingerprint density at radius 3 is 2.27 bits per heavy atom. The molecule has 2 aromatic carbocycles. The summed E-state index contributed by atoms with van der Waals surface area (Å²) in [5.74, 6) is 0.120. The van der Waals surface area contributed by atoms with E-state index in [0.717, 1.165) is 6.42 Å². The number of benzene rings is 2. The van der Waals surface area contributed by atoms with Crippen LogP contribution in [0.3, 0.4) is 0 Å². The molecule has 2 amide bonds. The third kappa shape index (κ3) is 5.49. The van der Waals surface area contributed by atoms with E-state index in [9.17, 15) is 9.59 Å². The average Bonchev–Trinajstić information content (AvgIpc) is 3.27. The van der Waals surface area contributed by atoms with Crippen LogP contribution in [-0.2, 0) is 14.3 Å². The standard InChI is InChI=1S/C23H30N2O4Si/c1-28-18-11-7-16(8-12-18)21(25-22(26)20-6-5-15-29-20)23(27)24-17-9-13-19(14-10-17)30(2,3)4/h7-14,20-21H,5-6,15H2,1-4H3,(H,24,27)(H,25,26). The lowest BCUT2D eigenvalue weighted by Gasteiger charge is -2.21. The number of rotatable bonds is 7. The van der Waals surface area contributed by atoms with Gasteiger partial charge >= 0.3 is 0 Å². The quantitative estimate of drug-likeness (QED) is 0.667. The van der Waals surface area contributed by atoms with Crippen LogP contribution in [0, 0.1) is 0 Å². The Bertz CT molecular complexity index is 870. The van der Waals surface area contributed by atoms with E-state index >= 15 is 0 Å². The molecule has 0 saturated carbocycles. The highest BCUT2D eigenvalue weighted by molar-refractivity contribution is 6.88. The summed E-state index contributed by atoms with van der Waals surface area (Å²) in [6.07, 6.45) is 1.01. The predicted molar refractivity (Wildman–Crippen MR) is 121 cm³/mol. The summed E-state index contributed by atoms with van der Waals surface area (Å²) >= 11 is 0. The van der Waals surface area contributed by atoms with Crippen molar-refractivity contribution in [1.29, 1.82) is 0 Å². The third-order valence-electron chi connectivity index (χ3n) is 5.24. The van der Waals surface area contributed by atoms with Gasteiger partial charge in [-0.2, -0.15) is 0 Å². The van der Waals surface area contributed by atoms with E-state index in [-0.39, 0.29) is 11.8 Å². The molecule has 0 aromatic heterocycles. The number of carbonyl (C=O) groups excluding carboxylic acids is 2. The SMILES string of the molecule is COc1ccc(C(NC(=O)C2CCCO2)C(=O)Nc2ccc([Si](C)(C)C)cc2)cc1. The number of carbonyl (C=O) groups is 2. The van der Waals surface area contributed by atoms with E-state index in [0.29, 0.717) is 30.0 Å². The molecule has 1 heterocycles. The van der Waals surface area contributed by atoms with Crippen LogP contribution in [0.25, 0.3) is 0 Å². The zero-order valence-electron chi connectivity index (χ0n) is 18.0. The highest BCUT2D eigenvalue weighted by atomic mass is 28.3. The molecule has 7 heteroatoms. The van der Waals surface area contributed by atoms with Gasteiger partial charge in [0.1, 0.15) is 17.9 Å². The molecule has 0 aliphatic carbocycles. The molecular formula is C23H30N2O4Si. The third-order valence-corrected chi connectivity index (χ3v) is 7.30. The molecule has 1 saturated heterocycles. The van der Waals surface area contributed by atoms with E-state index in [1.165, 1.54) is 5.19 Å². The number of ether oxygens (including phenoxy) is 2. The lowest BCUT2D eigenvalue weighted by Crippen LogP contribution is -2.42. The molecule has 0 spiro atoms. The predicted octanol–water partition coefficient (Wildman–Crippen LogP) is 3.22. The lowest BCUT2D eigenvalue weighted by molar-refractivity contribution is -0.133. The summed E-state index contributed by atoms with van der Waals surface area (Å²) in [5.41, 5.74) is 1.38. The Morgan fingerprint density at radius 2 is 1.73 bits per heavy atom. The van der Waals surface area contributed by atoms with Gasteiger partial charge in [0, 0.05) is 12.3 Å². The number of anilines is 1. The highest BCUT2D eigenvalue weighted by Gasteiger charge is 2.29. The van der Waals surface area contributed by atoms with Gasteiger partial charge in [0.05, 0.1) is 15.2 Å². The van der Waals surface area contributed by atoms with E-state index in [1.807, 2.05) is 12.1 Å². The molecule has 1 aliphatic rings. The first-order valence-corrected chi connectivity index (χ1v) is 13.8. The van der Waals surface area contributed by atoms with Gasteiger partial charge in [-0.25, -0.2) is 0 Å². The largest absolute Gasteiger partial charge is 0.497 e. The van der Waals surface area contributed by atoms with Crippen LogP contribution in [-0.4, -0.2) is 39.7 Å². The van der Waals surface area contributed by atoms with Gasteiger partial charge < -0.3 is 20.1 Å². The van der Waals surface area contributed by atoms with Crippen molar-refractivity contribution in [2.24, 2.45) is 0 Å². The second-order valence-corrected chi connectivity index (χ2v) is 13.6. The second kappa shape index (κ2) is 9.45. The first kappa shape index (κ1) is 22.1. The molecule has 0 radical (unpaired) electrons. The number of amides is 2. The molecule has 2 atom stereocenters. The van der Waals surface area contributed by atoms with Gasteiger partial charge in [-0.15, -0.1) is 0 Å². The monoisotopic (exact) mass is 426 g/mol. The van der Waals surface area contributed by atoms with Crippen molar-refractivity contribution in [3.05, 3.63) is 54.1 Å². The summed E-state index contributed by atoms with van der Waals surface area (Å²) in [4.78, 5) is 25.7. The molecule has 2 N–H and O–H groups in total. The Morgan fingerprint density at radius 1 is 1.07 bits per heavy atom. The molecule has 6 nitrogen and oxygen atoms in total. The van der Waals surface area contributed by atoms with Crippen LogP contribution in [0.4, 0.5) is 5.69 Å². The van der Waals surface area contributed by atoms with Gasteiger partial charge in [-0.1, -0.05) is 49.1 Å². The fourth-order valence-corrected chi connectivity index (χ4v) is 4.55. The van der Waals surface area contributed by atoms with Crippen LogP contribution in [0.2, 0.25) is 19.6 Å². The van der Waals surface area contributed by atoms with Crippen molar-refractivity contribution in [2.45, 2.75) is 44.6 Å². The molecule has 3 rings (SSSR count). The molecule has 2 aromatic rings. The van der Waals surface area contributed by atoms with Crippen LogP contribution < -0.4 is 20.6 Å². The van der Waals surface area contributed by atoms with Crippen molar-refractivity contribution in [3.63, 3.8) is 0 Å². The maximum Gasteiger partial charge on any atom is 0.251 e. The Hall–Kier alpha value is -2.64. The molecule has 0 bridgehead atoms. The summed E-state index contributed by atoms with van der Waals surface area (Å²) < 4.78 is 10.7. The summed E-state index contributed by atoms with van der Waals surface area (Å²) in [5, 5.41) is 7.11. The van der Waals surface area contributed by atoms with Gasteiger partial charge in [0.2, 0.25) is 5.91 Å². The number of nitrogens with one attached hydrogen (secondary N) is 2. The van der Waals surface area contributed by atoms with E-state index in [1.54, 1.807) is 31.4 Å². The summed E-state index contributed by atoms with van der Waals surface area (Å²) in [6.45, 7) is 7.41. The molecular weight excluding hydrogens is 396 g/mol. The second-order valence-electron chi connectivity index (χ2n) is 8.53. The topological polar surface area (TPSA) is 76.7 Å². The normalized spacial score (nSPS) is 17.3. The highest BCUT2D eigenvalue weighted by Crippen LogP contribution is 2.21. The van der Waals surface area contributed by atoms with E-state index in [4.69, 9.17) is 9.47 Å². The first-order valence-electron chi connectivity index (χ1n) is 10.3. The van der Waals surface area contributed by atoms with Crippen molar-refractivity contribution in [3.8, 4) is 5.75 Å². The maximum absolute atomic E-state index is 13.1. The number of hydrogen-bond donors (Lipinski definition) is 2. The van der Waals surface area contributed by atoms with Crippen LogP contribution >= 0.6 is 0 Å². The lowest BCUT2D eigenvalue weighted by atomic mass is 10.0. The molecule has 1 aliphatic heterocycles. The minimum absolute atomic E-state index is 0.266. The zero-order chi connectivity index (χ0) is 21.7. The molecule has 30 heavy (non-hydrogen) atoms. The first-order chi connectivity index (χ1) is 14.3. The Labute approximate surface area is 179 Å². The molecule has 1 fully saturated rings. The Balaban J connectivity index is 1.78. The van der Waals surface area contributed by atoms with Crippen molar-refractivity contribution in [2.75, 3.05) is 19.0 Å². The average molecular weight is 427 g/mol. The minimum atomic E-state index is -1.41. The van der Waals surface area contributed by atoms with Crippen LogP contribution in [0.15, 0.2) is 48.5 Å². The Kier molecular flexibility index (Phi) is 6.94. The molecule has 160 valence electrons. The fourth-order valence-electron chi connectivity index (χ4n) is 3.38. The van der Waals surface area contributed by atoms with Crippen LogP contribution in [0.5, 0.6) is 5.75 Å². The van der Waals surface area contributed by atoms with Crippen molar-refractivity contribution in [1.82, 2.24) is 5.32 Å². The minimum Gasteiger partial charge on any atom is -0.497 e. The zero-order valence-corrected chi connectivity index (χ0v) is 19.0. The van der Waals surface area contributed by atoms with Gasteiger partial charge in [-0.05, 0) is 42.7 Å². The van der Waals surface area contributed by atoms with Gasteiger partial charge in [0.15, 0.2) is 0 Å².